The number of fused-ring (bicyclic) bond motifs is 3. The Hall–Kier alpha value is 0.930. The molecular weight excluding hydrogens is 454 g/mol. The second-order valence-electron chi connectivity index (χ2n) is 6.61. The lowest BCUT2D eigenvalue weighted by atomic mass is 9.83. The molecule has 0 N–H and O–H groups in total. The van der Waals surface area contributed by atoms with Gasteiger partial charge in [0.1, 0.15) is 0 Å². The van der Waals surface area contributed by atoms with Gasteiger partial charge < -0.3 is 4.74 Å². The SMILES string of the molecule is O=C1OC[C@H]2[C@@H]1[C@H]1[C@@H](CI)C[C@H]3C[C@@H](CI)[C@@H]2[C@H]31. The lowest BCUT2D eigenvalue weighted by molar-refractivity contribution is -0.143. The van der Waals surface area contributed by atoms with Crippen LogP contribution < -0.4 is 0 Å². The Labute approximate surface area is 135 Å². The van der Waals surface area contributed by atoms with Crippen LogP contribution in [0.1, 0.15) is 12.8 Å². The summed E-state index contributed by atoms with van der Waals surface area (Å²) in [6.45, 7) is 0.731. The molecule has 4 aliphatic rings. The summed E-state index contributed by atoms with van der Waals surface area (Å²) in [7, 11) is 0. The maximum Gasteiger partial charge on any atom is 0.309 e. The molecule has 1 heterocycles. The number of hydrogen-bond donors (Lipinski definition) is 0. The van der Waals surface area contributed by atoms with Crippen molar-refractivity contribution in [3.05, 3.63) is 0 Å². The third-order valence-corrected chi connectivity index (χ3v) is 8.45. The Morgan fingerprint density at radius 2 is 1.72 bits per heavy atom. The van der Waals surface area contributed by atoms with Crippen molar-refractivity contribution in [3.63, 3.8) is 0 Å². The number of alkyl halides is 2. The number of carbonyl (C=O) groups is 1. The van der Waals surface area contributed by atoms with Crippen LogP contribution in [0.25, 0.3) is 0 Å². The zero-order valence-corrected chi connectivity index (χ0v) is 14.5. The normalized spacial score (nSPS) is 56.7. The van der Waals surface area contributed by atoms with Crippen molar-refractivity contribution >= 4 is 51.2 Å². The van der Waals surface area contributed by atoms with Gasteiger partial charge in [-0.15, -0.1) is 0 Å². The average Bonchev–Trinajstić information content (AvgIpc) is 3.04. The maximum atomic E-state index is 12.1. The van der Waals surface area contributed by atoms with E-state index in [0.29, 0.717) is 11.8 Å². The molecule has 0 unspecified atom stereocenters. The zero-order valence-electron chi connectivity index (χ0n) is 10.2. The van der Waals surface area contributed by atoms with Crippen LogP contribution in [-0.2, 0) is 9.53 Å². The Balaban J connectivity index is 1.74. The van der Waals surface area contributed by atoms with E-state index in [4.69, 9.17) is 4.74 Å². The average molecular weight is 472 g/mol. The fourth-order valence-corrected chi connectivity index (χ4v) is 7.76. The summed E-state index contributed by atoms with van der Waals surface area (Å²) in [4.78, 5) is 12.1. The van der Waals surface area contributed by atoms with Crippen molar-refractivity contribution in [2.45, 2.75) is 12.8 Å². The molecule has 0 amide bonds. The second-order valence-corrected chi connectivity index (χ2v) is 8.37. The first-order valence-corrected chi connectivity index (χ1v) is 10.1. The first-order valence-electron chi connectivity index (χ1n) is 7.04. The number of cyclic esters (lactones) is 1. The highest BCUT2D eigenvalue weighted by Crippen LogP contribution is 2.68. The van der Waals surface area contributed by atoms with Gasteiger partial charge in [-0.3, -0.25) is 4.79 Å². The van der Waals surface area contributed by atoms with Crippen LogP contribution in [0.15, 0.2) is 0 Å². The van der Waals surface area contributed by atoms with Crippen LogP contribution >= 0.6 is 45.2 Å². The van der Waals surface area contributed by atoms with Gasteiger partial charge in [0.05, 0.1) is 12.5 Å². The molecule has 0 radical (unpaired) electrons. The molecule has 4 fully saturated rings. The number of hydrogen-bond acceptors (Lipinski definition) is 2. The number of esters is 1. The monoisotopic (exact) mass is 472 g/mol. The highest BCUT2D eigenvalue weighted by atomic mass is 127. The summed E-state index contributed by atoms with van der Waals surface area (Å²) < 4.78 is 7.92. The molecule has 2 nitrogen and oxygen atoms in total. The number of carbonyl (C=O) groups excluding carboxylic acids is 1. The van der Waals surface area contributed by atoms with E-state index >= 15 is 0 Å². The van der Waals surface area contributed by atoms with E-state index in [1.54, 1.807) is 0 Å². The number of halogens is 2. The van der Waals surface area contributed by atoms with Gasteiger partial charge in [-0.2, -0.15) is 0 Å². The van der Waals surface area contributed by atoms with Crippen LogP contribution in [0.3, 0.4) is 0 Å². The predicted molar refractivity (Wildman–Crippen MR) is 85.9 cm³/mol. The van der Waals surface area contributed by atoms with Gasteiger partial charge in [0, 0.05) is 14.8 Å². The van der Waals surface area contributed by atoms with Gasteiger partial charge in [-0.25, -0.2) is 0 Å². The smallest absolute Gasteiger partial charge is 0.309 e. The summed E-state index contributed by atoms with van der Waals surface area (Å²) in [6, 6.07) is 0. The minimum atomic E-state index is 0.141. The molecule has 3 saturated carbocycles. The highest BCUT2D eigenvalue weighted by Gasteiger charge is 2.67. The van der Waals surface area contributed by atoms with Crippen LogP contribution in [0, 0.1) is 47.3 Å². The maximum absolute atomic E-state index is 12.1. The van der Waals surface area contributed by atoms with Crippen molar-refractivity contribution in [2.75, 3.05) is 15.5 Å². The fraction of sp³-hybridized carbons (Fsp3) is 0.929. The summed E-state index contributed by atoms with van der Waals surface area (Å²) in [5, 5.41) is 0. The molecule has 1 aliphatic heterocycles. The first-order chi connectivity index (χ1) is 8.76. The molecule has 0 spiro atoms. The molecule has 8 atom stereocenters. The third-order valence-electron chi connectivity index (χ3n) is 6.19. The van der Waals surface area contributed by atoms with Crippen LogP contribution in [-0.4, -0.2) is 21.4 Å². The van der Waals surface area contributed by atoms with E-state index in [2.05, 4.69) is 45.2 Å². The van der Waals surface area contributed by atoms with Crippen molar-refractivity contribution in [3.8, 4) is 0 Å². The van der Waals surface area contributed by atoms with Gasteiger partial charge in [-0.05, 0) is 48.3 Å². The van der Waals surface area contributed by atoms with Gasteiger partial charge in [-0.1, -0.05) is 45.2 Å². The predicted octanol–water partition coefficient (Wildman–Crippen LogP) is 3.16. The number of rotatable bonds is 2. The minimum Gasteiger partial charge on any atom is -0.465 e. The summed E-state index contributed by atoms with van der Waals surface area (Å²) >= 11 is 5.08. The molecular formula is C14H18I2O2. The van der Waals surface area contributed by atoms with Gasteiger partial charge in [0.15, 0.2) is 0 Å². The van der Waals surface area contributed by atoms with Crippen molar-refractivity contribution < 1.29 is 9.53 Å². The standard InChI is InChI=1S/C14H18I2O2/c15-3-7-1-6-2-8(4-16)12-11(6)10(7)9-5-18-14(17)13(9)12/h6-13H,1-5H2/t6-,7+,8-,9-,10+,11+,12+,13-/m1/s1. The first kappa shape index (κ1) is 12.7. The molecule has 0 bridgehead atoms. The molecule has 0 aromatic rings. The molecule has 4 rings (SSSR count). The quantitative estimate of drug-likeness (QED) is 0.351. The lowest BCUT2D eigenvalue weighted by Gasteiger charge is -2.22. The van der Waals surface area contributed by atoms with Crippen molar-refractivity contribution in [1.29, 1.82) is 0 Å². The van der Waals surface area contributed by atoms with Gasteiger partial charge >= 0.3 is 5.97 Å². The largest absolute Gasteiger partial charge is 0.465 e. The van der Waals surface area contributed by atoms with Crippen molar-refractivity contribution in [2.24, 2.45) is 47.3 Å². The zero-order chi connectivity index (χ0) is 12.4. The van der Waals surface area contributed by atoms with Gasteiger partial charge in [0.2, 0.25) is 0 Å². The molecule has 0 aromatic heterocycles. The van der Waals surface area contributed by atoms with E-state index in [9.17, 15) is 4.79 Å². The minimum absolute atomic E-state index is 0.141. The van der Waals surface area contributed by atoms with Gasteiger partial charge in [0.25, 0.3) is 0 Å². The van der Waals surface area contributed by atoms with Crippen molar-refractivity contribution in [1.82, 2.24) is 0 Å². The van der Waals surface area contributed by atoms with E-state index in [-0.39, 0.29) is 11.9 Å². The van der Waals surface area contributed by atoms with E-state index in [1.165, 1.54) is 21.7 Å². The Bertz CT molecular complexity index is 386. The fourth-order valence-electron chi connectivity index (χ4n) is 5.86. The number of ether oxygens (including phenoxy) is 1. The topological polar surface area (TPSA) is 26.3 Å². The van der Waals surface area contributed by atoms with E-state index in [0.717, 1.165) is 36.2 Å². The summed E-state index contributed by atoms with van der Waals surface area (Å²) in [5.74, 6) is 5.92. The second kappa shape index (κ2) is 4.46. The Morgan fingerprint density at radius 1 is 1.06 bits per heavy atom. The molecule has 3 aliphatic carbocycles. The van der Waals surface area contributed by atoms with E-state index in [1.807, 2.05) is 0 Å². The third kappa shape index (κ3) is 1.48. The molecule has 18 heavy (non-hydrogen) atoms. The van der Waals surface area contributed by atoms with Crippen LogP contribution in [0.2, 0.25) is 0 Å². The lowest BCUT2D eigenvalue weighted by Crippen LogP contribution is -2.25. The summed E-state index contributed by atoms with van der Waals surface area (Å²) in [6.07, 6.45) is 2.82. The molecule has 100 valence electrons. The van der Waals surface area contributed by atoms with Crippen LogP contribution in [0.4, 0.5) is 0 Å². The van der Waals surface area contributed by atoms with Crippen LogP contribution in [0.5, 0.6) is 0 Å². The summed E-state index contributed by atoms with van der Waals surface area (Å²) in [5.41, 5.74) is 0. The molecule has 0 aromatic carbocycles. The van der Waals surface area contributed by atoms with E-state index < -0.39 is 0 Å². The molecule has 4 heteroatoms. The molecule has 1 saturated heterocycles. The highest BCUT2D eigenvalue weighted by molar-refractivity contribution is 14.1. The Kier molecular flexibility index (Phi) is 3.14. The Morgan fingerprint density at radius 3 is 2.39 bits per heavy atom.